The van der Waals surface area contributed by atoms with Gasteiger partial charge in [-0.2, -0.15) is 0 Å². The molecule has 1 N–H and O–H groups in total. The van der Waals surface area contributed by atoms with Gasteiger partial charge >= 0.3 is 6.09 Å². The summed E-state index contributed by atoms with van der Waals surface area (Å²) in [5.41, 5.74) is 0.828. The largest absolute Gasteiger partial charge is 0.447 e. The molecule has 6 heteroatoms. The molecule has 0 saturated carbocycles. The Hall–Kier alpha value is -1.53. The van der Waals surface area contributed by atoms with Gasteiger partial charge in [-0.3, -0.25) is 4.79 Å². The van der Waals surface area contributed by atoms with Crippen molar-refractivity contribution >= 4 is 23.8 Å². The summed E-state index contributed by atoms with van der Waals surface area (Å²) in [6.45, 7) is 0.617. The lowest BCUT2D eigenvalue weighted by Crippen LogP contribution is -2.32. The zero-order valence-corrected chi connectivity index (χ0v) is 10.5. The zero-order valence-electron chi connectivity index (χ0n) is 9.67. The minimum atomic E-state index is -0.559. The van der Waals surface area contributed by atoms with E-state index >= 15 is 0 Å². The highest BCUT2D eigenvalue weighted by molar-refractivity contribution is 8.00. The molecule has 96 valence electrons. The van der Waals surface area contributed by atoms with Crippen LogP contribution in [0.2, 0.25) is 0 Å². The number of imide groups is 1. The van der Waals surface area contributed by atoms with E-state index in [9.17, 15) is 9.59 Å². The van der Waals surface area contributed by atoms with Crippen molar-refractivity contribution in [3.05, 3.63) is 29.8 Å². The number of carbonyl (C=O) groups is 2. The molecule has 1 aliphatic heterocycles. The van der Waals surface area contributed by atoms with Crippen molar-refractivity contribution in [2.75, 3.05) is 18.9 Å². The fraction of sp³-hybridized carbons (Fsp3) is 0.333. The average Bonchev–Trinajstić information content (AvgIpc) is 2.83. The second kappa shape index (κ2) is 5.88. The third-order valence-corrected chi connectivity index (χ3v) is 3.53. The van der Waals surface area contributed by atoms with Gasteiger partial charge in [0, 0.05) is 4.90 Å². The van der Waals surface area contributed by atoms with E-state index in [1.54, 1.807) is 12.1 Å². The van der Waals surface area contributed by atoms with Gasteiger partial charge in [-0.15, -0.1) is 11.8 Å². The SMILES string of the molecule is O=C(CSc1ccc(CO)cc1)N1CCOC1=O. The van der Waals surface area contributed by atoms with Crippen molar-refractivity contribution in [2.24, 2.45) is 0 Å². The number of nitrogens with zero attached hydrogens (tertiary/aromatic N) is 1. The van der Waals surface area contributed by atoms with Crippen molar-refractivity contribution in [2.45, 2.75) is 11.5 Å². The average molecular weight is 267 g/mol. The fourth-order valence-corrected chi connectivity index (χ4v) is 2.31. The molecule has 18 heavy (non-hydrogen) atoms. The summed E-state index contributed by atoms with van der Waals surface area (Å²) in [4.78, 5) is 24.9. The third-order valence-electron chi connectivity index (χ3n) is 2.53. The minimum absolute atomic E-state index is 0.00347. The predicted molar refractivity (Wildman–Crippen MR) is 66.1 cm³/mol. The predicted octanol–water partition coefficient (Wildman–Crippen LogP) is 1.25. The molecule has 1 fully saturated rings. The number of amides is 2. The van der Waals surface area contributed by atoms with Gasteiger partial charge in [-0.25, -0.2) is 9.69 Å². The zero-order chi connectivity index (χ0) is 13.0. The second-order valence-electron chi connectivity index (χ2n) is 3.75. The maximum Gasteiger partial charge on any atom is 0.416 e. The lowest BCUT2D eigenvalue weighted by atomic mass is 10.2. The number of rotatable bonds is 4. The van der Waals surface area contributed by atoms with E-state index in [-0.39, 0.29) is 24.9 Å². The van der Waals surface area contributed by atoms with Crippen molar-refractivity contribution in [1.82, 2.24) is 4.90 Å². The van der Waals surface area contributed by atoms with E-state index in [0.717, 1.165) is 15.4 Å². The van der Waals surface area contributed by atoms with Crippen molar-refractivity contribution < 1.29 is 19.4 Å². The van der Waals surface area contributed by atoms with Crippen LogP contribution in [-0.4, -0.2) is 40.9 Å². The lowest BCUT2D eigenvalue weighted by molar-refractivity contribution is -0.125. The van der Waals surface area contributed by atoms with Gasteiger partial charge in [0.15, 0.2) is 0 Å². The van der Waals surface area contributed by atoms with Crippen LogP contribution in [0.15, 0.2) is 29.2 Å². The van der Waals surface area contributed by atoms with Gasteiger partial charge in [-0.05, 0) is 17.7 Å². The highest BCUT2D eigenvalue weighted by atomic mass is 32.2. The molecule has 0 atom stereocenters. The molecule has 0 aromatic heterocycles. The summed E-state index contributed by atoms with van der Waals surface area (Å²) in [5, 5.41) is 8.90. The first-order valence-electron chi connectivity index (χ1n) is 5.50. The first kappa shape index (κ1) is 12.9. The van der Waals surface area contributed by atoms with Crippen LogP contribution in [-0.2, 0) is 16.1 Å². The molecule has 2 rings (SSSR count). The number of hydrogen-bond donors (Lipinski definition) is 1. The molecule has 1 aromatic rings. The van der Waals surface area contributed by atoms with Gasteiger partial charge in [-0.1, -0.05) is 12.1 Å². The summed E-state index contributed by atoms with van der Waals surface area (Å²) < 4.78 is 4.70. The van der Waals surface area contributed by atoms with Gasteiger partial charge in [0.2, 0.25) is 5.91 Å². The summed E-state index contributed by atoms with van der Waals surface area (Å²) in [6, 6.07) is 7.28. The quantitative estimate of drug-likeness (QED) is 0.832. The van der Waals surface area contributed by atoms with Crippen molar-refractivity contribution in [3.8, 4) is 0 Å². The number of ether oxygens (including phenoxy) is 1. The van der Waals surface area contributed by atoms with Crippen LogP contribution >= 0.6 is 11.8 Å². The Kier molecular flexibility index (Phi) is 4.22. The Balaban J connectivity index is 1.86. The molecule has 0 bridgehead atoms. The normalized spacial score (nSPS) is 14.7. The van der Waals surface area contributed by atoms with Gasteiger partial charge < -0.3 is 9.84 Å². The van der Waals surface area contributed by atoms with Crippen LogP contribution in [0, 0.1) is 0 Å². The Morgan fingerprint density at radius 2 is 2.11 bits per heavy atom. The van der Waals surface area contributed by atoms with Crippen molar-refractivity contribution in [1.29, 1.82) is 0 Å². The molecule has 0 spiro atoms. The first-order valence-corrected chi connectivity index (χ1v) is 6.49. The second-order valence-corrected chi connectivity index (χ2v) is 4.80. The Morgan fingerprint density at radius 1 is 1.39 bits per heavy atom. The van der Waals surface area contributed by atoms with Crippen LogP contribution in [0.1, 0.15) is 5.56 Å². The highest BCUT2D eigenvalue weighted by Crippen LogP contribution is 2.19. The minimum Gasteiger partial charge on any atom is -0.447 e. The molecule has 1 aromatic carbocycles. The highest BCUT2D eigenvalue weighted by Gasteiger charge is 2.27. The van der Waals surface area contributed by atoms with Gasteiger partial charge in [0.1, 0.15) is 6.61 Å². The Morgan fingerprint density at radius 3 is 2.67 bits per heavy atom. The molecule has 0 radical (unpaired) electrons. The van der Waals surface area contributed by atoms with E-state index in [0.29, 0.717) is 6.54 Å². The third kappa shape index (κ3) is 3.02. The number of aliphatic hydroxyl groups excluding tert-OH is 1. The smallest absolute Gasteiger partial charge is 0.416 e. The van der Waals surface area contributed by atoms with Crippen LogP contribution in [0.3, 0.4) is 0 Å². The topological polar surface area (TPSA) is 66.8 Å². The maximum atomic E-state index is 11.7. The molecule has 0 aliphatic carbocycles. The Labute approximate surface area is 109 Å². The number of aliphatic hydroxyl groups is 1. The van der Waals surface area contributed by atoms with Crippen LogP contribution in [0.5, 0.6) is 0 Å². The van der Waals surface area contributed by atoms with Gasteiger partial charge in [0.05, 0.1) is 18.9 Å². The van der Waals surface area contributed by atoms with E-state index in [1.165, 1.54) is 11.8 Å². The summed E-state index contributed by atoms with van der Waals surface area (Å²) in [5.74, 6) is -0.0400. The van der Waals surface area contributed by atoms with E-state index in [2.05, 4.69) is 0 Å². The molecule has 5 nitrogen and oxygen atoms in total. The van der Waals surface area contributed by atoms with E-state index < -0.39 is 6.09 Å². The lowest BCUT2D eigenvalue weighted by Gasteiger charge is -2.10. The molecular formula is C12H13NO4S. The molecule has 1 heterocycles. The summed E-state index contributed by atoms with van der Waals surface area (Å²) >= 11 is 1.36. The number of benzene rings is 1. The monoisotopic (exact) mass is 267 g/mol. The molecule has 2 amide bonds. The molecular weight excluding hydrogens is 254 g/mol. The first-order chi connectivity index (χ1) is 8.70. The van der Waals surface area contributed by atoms with Crippen LogP contribution < -0.4 is 0 Å². The molecule has 1 aliphatic rings. The number of hydrogen-bond acceptors (Lipinski definition) is 5. The number of thioether (sulfide) groups is 1. The van der Waals surface area contributed by atoms with Crippen molar-refractivity contribution in [3.63, 3.8) is 0 Å². The van der Waals surface area contributed by atoms with E-state index in [4.69, 9.17) is 9.84 Å². The maximum absolute atomic E-state index is 11.7. The van der Waals surface area contributed by atoms with E-state index in [1.807, 2.05) is 12.1 Å². The molecule has 1 saturated heterocycles. The summed E-state index contributed by atoms with van der Waals surface area (Å²) in [7, 11) is 0. The van der Waals surface area contributed by atoms with Crippen LogP contribution in [0.4, 0.5) is 4.79 Å². The number of carbonyl (C=O) groups excluding carboxylic acids is 2. The van der Waals surface area contributed by atoms with Gasteiger partial charge in [0.25, 0.3) is 0 Å². The Bertz CT molecular complexity index is 446. The molecule has 0 unspecified atom stereocenters. The number of cyclic esters (lactones) is 1. The van der Waals surface area contributed by atoms with Crippen LogP contribution in [0.25, 0.3) is 0 Å². The summed E-state index contributed by atoms with van der Waals surface area (Å²) in [6.07, 6.45) is -0.559. The standard InChI is InChI=1S/C12H13NO4S/c14-7-9-1-3-10(4-2-9)18-8-11(15)13-5-6-17-12(13)16/h1-4,14H,5-8H2. The fourth-order valence-electron chi connectivity index (χ4n) is 1.53.